The van der Waals surface area contributed by atoms with Gasteiger partial charge in [0.15, 0.2) is 11.5 Å². The predicted molar refractivity (Wildman–Crippen MR) is 123 cm³/mol. The Kier molecular flexibility index (Phi) is 7.02. The molecule has 0 aliphatic heterocycles. The average Bonchev–Trinajstić information content (AvgIpc) is 2.77. The Morgan fingerprint density at radius 3 is 1.88 bits per heavy atom. The molecule has 2 aromatic carbocycles. The van der Waals surface area contributed by atoms with Crippen LogP contribution in [0.15, 0.2) is 47.4 Å². The number of amides is 1. The van der Waals surface area contributed by atoms with E-state index in [1.165, 1.54) is 57.7 Å². The zero-order chi connectivity index (χ0) is 24.2. The van der Waals surface area contributed by atoms with Gasteiger partial charge in [-0.3, -0.25) is 4.79 Å². The lowest BCUT2D eigenvalue weighted by molar-refractivity contribution is 0.102. The molecule has 174 valence electrons. The number of ether oxygens (including phenoxy) is 3. The smallest absolute Gasteiger partial charge is 0.264 e. The molecule has 0 bridgehead atoms. The molecule has 0 radical (unpaired) electrons. The van der Waals surface area contributed by atoms with Crippen molar-refractivity contribution >= 4 is 27.6 Å². The number of hydrogen-bond donors (Lipinski definition) is 2. The van der Waals surface area contributed by atoms with E-state index in [1.54, 1.807) is 19.9 Å². The number of aromatic nitrogens is 2. The third kappa shape index (κ3) is 5.50. The topological polar surface area (TPSA) is 129 Å². The zero-order valence-corrected chi connectivity index (χ0v) is 19.6. The third-order valence-electron chi connectivity index (χ3n) is 4.56. The Bertz CT molecular complexity index is 1230. The number of carbonyl (C=O) groups excluding carboxylic acids is 1. The first-order valence-corrected chi connectivity index (χ1v) is 11.2. The van der Waals surface area contributed by atoms with Crippen LogP contribution in [0.4, 0.5) is 11.6 Å². The van der Waals surface area contributed by atoms with E-state index in [-0.39, 0.29) is 16.4 Å². The molecule has 3 rings (SSSR count). The van der Waals surface area contributed by atoms with Crippen LogP contribution in [0.3, 0.4) is 0 Å². The van der Waals surface area contributed by atoms with E-state index < -0.39 is 15.9 Å². The molecule has 0 saturated heterocycles. The molecule has 0 saturated carbocycles. The SMILES string of the molecule is COc1cc(C(=O)Nc2ccc(S(=O)(=O)Nc3nc(C)cc(C)n3)cc2)cc(OC)c1OC. The van der Waals surface area contributed by atoms with Crippen molar-refractivity contribution in [2.75, 3.05) is 31.4 Å². The van der Waals surface area contributed by atoms with Gasteiger partial charge in [0.25, 0.3) is 15.9 Å². The van der Waals surface area contributed by atoms with Gasteiger partial charge in [-0.25, -0.2) is 23.1 Å². The van der Waals surface area contributed by atoms with E-state index in [4.69, 9.17) is 14.2 Å². The highest BCUT2D eigenvalue weighted by atomic mass is 32.2. The summed E-state index contributed by atoms with van der Waals surface area (Å²) in [6.45, 7) is 3.50. The molecule has 0 fully saturated rings. The second kappa shape index (κ2) is 9.74. The molecule has 0 unspecified atom stereocenters. The highest BCUT2D eigenvalue weighted by Crippen LogP contribution is 2.38. The van der Waals surface area contributed by atoms with Crippen molar-refractivity contribution in [1.29, 1.82) is 0 Å². The van der Waals surface area contributed by atoms with Gasteiger partial charge < -0.3 is 19.5 Å². The van der Waals surface area contributed by atoms with Crippen molar-refractivity contribution in [3.05, 3.63) is 59.4 Å². The minimum atomic E-state index is -3.90. The summed E-state index contributed by atoms with van der Waals surface area (Å²) in [7, 11) is 0.472. The third-order valence-corrected chi connectivity index (χ3v) is 5.90. The lowest BCUT2D eigenvalue weighted by atomic mass is 10.1. The molecule has 1 aromatic heterocycles. The van der Waals surface area contributed by atoms with E-state index in [2.05, 4.69) is 20.0 Å². The molecule has 1 amide bonds. The number of hydrogen-bond acceptors (Lipinski definition) is 8. The van der Waals surface area contributed by atoms with Gasteiger partial charge in [-0.05, 0) is 56.3 Å². The van der Waals surface area contributed by atoms with Crippen LogP contribution >= 0.6 is 0 Å². The first kappa shape index (κ1) is 23.8. The van der Waals surface area contributed by atoms with Gasteiger partial charge in [-0.2, -0.15) is 0 Å². The van der Waals surface area contributed by atoms with Crippen molar-refractivity contribution in [3.8, 4) is 17.2 Å². The highest BCUT2D eigenvalue weighted by Gasteiger charge is 2.19. The Morgan fingerprint density at radius 1 is 0.848 bits per heavy atom. The van der Waals surface area contributed by atoms with Crippen LogP contribution in [0.1, 0.15) is 21.7 Å². The summed E-state index contributed by atoms with van der Waals surface area (Å²) in [5.74, 6) is 0.594. The summed E-state index contributed by atoms with van der Waals surface area (Å²) in [5, 5.41) is 2.71. The van der Waals surface area contributed by atoms with Crippen LogP contribution in [0, 0.1) is 13.8 Å². The van der Waals surface area contributed by atoms with Crippen molar-refractivity contribution in [3.63, 3.8) is 0 Å². The fourth-order valence-corrected chi connectivity index (χ4v) is 4.03. The first-order valence-electron chi connectivity index (χ1n) is 9.73. The molecule has 0 atom stereocenters. The maximum absolute atomic E-state index is 12.7. The number of nitrogens with zero attached hydrogens (tertiary/aromatic N) is 2. The van der Waals surface area contributed by atoms with Gasteiger partial charge in [0.05, 0.1) is 26.2 Å². The summed E-state index contributed by atoms with van der Waals surface area (Å²) < 4.78 is 43.5. The summed E-state index contributed by atoms with van der Waals surface area (Å²) in [6, 6.07) is 10.5. The van der Waals surface area contributed by atoms with Crippen molar-refractivity contribution in [1.82, 2.24) is 9.97 Å². The number of aryl methyl sites for hydroxylation is 2. The van der Waals surface area contributed by atoms with E-state index in [0.717, 1.165) is 0 Å². The van der Waals surface area contributed by atoms with Crippen LogP contribution in [-0.2, 0) is 10.0 Å². The summed E-state index contributed by atoms with van der Waals surface area (Å²) in [6.07, 6.45) is 0. The predicted octanol–water partition coefficient (Wildman–Crippen LogP) is 3.17. The Hall–Kier alpha value is -3.86. The molecular formula is C22H24N4O6S. The largest absolute Gasteiger partial charge is 0.493 e. The van der Waals surface area contributed by atoms with Crippen LogP contribution in [-0.4, -0.2) is 45.6 Å². The molecule has 0 aliphatic carbocycles. The van der Waals surface area contributed by atoms with Gasteiger partial charge in [-0.1, -0.05) is 0 Å². The molecule has 0 spiro atoms. The van der Waals surface area contributed by atoms with Gasteiger partial charge in [0.2, 0.25) is 11.7 Å². The average molecular weight is 473 g/mol. The Labute approximate surface area is 192 Å². The molecule has 2 N–H and O–H groups in total. The van der Waals surface area contributed by atoms with E-state index >= 15 is 0 Å². The second-order valence-corrected chi connectivity index (χ2v) is 8.65. The summed E-state index contributed by atoms with van der Waals surface area (Å²) in [5.41, 5.74) is 1.96. The van der Waals surface area contributed by atoms with Crippen molar-refractivity contribution in [2.24, 2.45) is 0 Å². The van der Waals surface area contributed by atoms with Crippen molar-refractivity contribution in [2.45, 2.75) is 18.7 Å². The highest BCUT2D eigenvalue weighted by molar-refractivity contribution is 7.92. The molecule has 0 aliphatic rings. The number of anilines is 2. The molecular weight excluding hydrogens is 448 g/mol. The lowest BCUT2D eigenvalue weighted by Gasteiger charge is -2.14. The second-order valence-electron chi connectivity index (χ2n) is 6.97. The minimum absolute atomic E-state index is 0.00366. The number of carbonyl (C=O) groups is 1. The number of methoxy groups -OCH3 is 3. The molecule has 11 heteroatoms. The van der Waals surface area contributed by atoms with Crippen LogP contribution in [0.25, 0.3) is 0 Å². The maximum Gasteiger partial charge on any atom is 0.264 e. The summed E-state index contributed by atoms with van der Waals surface area (Å²) in [4.78, 5) is 20.9. The van der Waals surface area contributed by atoms with Crippen molar-refractivity contribution < 1.29 is 27.4 Å². The zero-order valence-electron chi connectivity index (χ0n) is 18.8. The van der Waals surface area contributed by atoms with Gasteiger partial charge >= 0.3 is 0 Å². The number of sulfonamides is 1. The normalized spacial score (nSPS) is 10.9. The Balaban J connectivity index is 1.78. The van der Waals surface area contributed by atoms with Gasteiger partial charge in [-0.15, -0.1) is 0 Å². The van der Waals surface area contributed by atoms with Gasteiger partial charge in [0.1, 0.15) is 0 Å². The first-order chi connectivity index (χ1) is 15.7. The standard InChI is InChI=1S/C22H24N4O6S/c1-13-10-14(2)24-22(23-13)26-33(28,29)17-8-6-16(7-9-17)25-21(27)15-11-18(30-3)20(32-5)19(12-15)31-4/h6-12H,1-5H3,(H,25,27)(H,23,24,26). The molecule has 1 heterocycles. The number of rotatable bonds is 8. The van der Waals surface area contributed by atoms with E-state index in [0.29, 0.717) is 34.3 Å². The number of benzene rings is 2. The lowest BCUT2D eigenvalue weighted by Crippen LogP contribution is -2.16. The molecule has 3 aromatic rings. The van der Waals surface area contributed by atoms with E-state index in [9.17, 15) is 13.2 Å². The monoisotopic (exact) mass is 472 g/mol. The maximum atomic E-state index is 12.7. The fourth-order valence-electron chi connectivity index (χ4n) is 3.08. The summed E-state index contributed by atoms with van der Waals surface area (Å²) >= 11 is 0. The molecule has 33 heavy (non-hydrogen) atoms. The van der Waals surface area contributed by atoms with Crippen LogP contribution in [0.5, 0.6) is 17.2 Å². The minimum Gasteiger partial charge on any atom is -0.493 e. The van der Waals surface area contributed by atoms with Crippen LogP contribution < -0.4 is 24.2 Å². The number of nitrogens with one attached hydrogen (secondary N) is 2. The fraction of sp³-hybridized carbons (Fsp3) is 0.227. The Morgan fingerprint density at radius 2 is 1.39 bits per heavy atom. The quantitative estimate of drug-likeness (QED) is 0.512. The van der Waals surface area contributed by atoms with Gasteiger partial charge in [0, 0.05) is 22.6 Å². The van der Waals surface area contributed by atoms with Crippen LogP contribution in [0.2, 0.25) is 0 Å². The molecule has 10 nitrogen and oxygen atoms in total. The van der Waals surface area contributed by atoms with E-state index in [1.807, 2.05) is 0 Å².